The lowest BCUT2D eigenvalue weighted by molar-refractivity contribution is -0.133. The molecule has 1 N–H and O–H groups in total. The van der Waals surface area contributed by atoms with Crippen molar-refractivity contribution in [1.29, 1.82) is 0 Å². The molecule has 3 aliphatic rings. The number of aliphatic hydroxyl groups excluding tert-OH is 1. The van der Waals surface area contributed by atoms with Gasteiger partial charge in [-0.1, -0.05) is 42.0 Å². The van der Waals surface area contributed by atoms with Crippen molar-refractivity contribution in [2.45, 2.75) is 50.2 Å². The Morgan fingerprint density at radius 2 is 1.74 bits per heavy atom. The largest absolute Gasteiger partial charge is 0.391 e. The minimum Gasteiger partial charge on any atom is -0.391 e. The highest BCUT2D eigenvalue weighted by Gasteiger charge is 2.55. The van der Waals surface area contributed by atoms with Gasteiger partial charge in [-0.25, -0.2) is 4.98 Å². The molecular weight excluding hydrogens is 386 g/mol. The van der Waals surface area contributed by atoms with E-state index in [1.165, 1.54) is 11.1 Å². The van der Waals surface area contributed by atoms with E-state index < -0.39 is 6.10 Å². The van der Waals surface area contributed by atoms with Crippen LogP contribution in [0.15, 0.2) is 54.9 Å². The first kappa shape index (κ1) is 19.1. The van der Waals surface area contributed by atoms with Gasteiger partial charge in [0.05, 0.1) is 34.9 Å². The minimum atomic E-state index is -0.402. The van der Waals surface area contributed by atoms with Crippen LogP contribution in [0.4, 0.5) is 0 Å². The summed E-state index contributed by atoms with van der Waals surface area (Å²) in [6.07, 6.45) is 5.02. The van der Waals surface area contributed by atoms with E-state index in [0.29, 0.717) is 17.7 Å². The number of likely N-dealkylation sites (tertiary alicyclic amines) is 1. The maximum atomic E-state index is 13.6. The van der Waals surface area contributed by atoms with Crippen molar-refractivity contribution < 1.29 is 9.90 Å². The number of aryl methyl sites for hydroxylation is 1. The van der Waals surface area contributed by atoms with Crippen LogP contribution in [0.3, 0.4) is 0 Å². The van der Waals surface area contributed by atoms with E-state index in [2.05, 4.69) is 51.7 Å². The lowest BCUT2D eigenvalue weighted by atomic mass is 9.77. The molecule has 3 fully saturated rings. The monoisotopic (exact) mass is 415 g/mol. The highest BCUT2D eigenvalue weighted by molar-refractivity contribution is 5.91. The smallest absolute Gasteiger partial charge is 0.233 e. The number of nitrogens with zero attached hydrogens (tertiary/aromatic N) is 3. The first-order chi connectivity index (χ1) is 15.0. The number of para-hydroxylation sites is 2. The molecular formula is C26H29N3O2. The molecule has 2 aliphatic carbocycles. The summed E-state index contributed by atoms with van der Waals surface area (Å²) in [5.74, 6) is 1.12. The zero-order chi connectivity index (χ0) is 21.2. The molecule has 160 valence electrons. The van der Waals surface area contributed by atoms with E-state index in [1.54, 1.807) is 0 Å². The molecule has 2 aromatic carbocycles. The molecule has 0 spiro atoms. The lowest BCUT2D eigenvalue weighted by Crippen LogP contribution is -2.38. The third kappa shape index (κ3) is 3.01. The summed E-state index contributed by atoms with van der Waals surface area (Å²) >= 11 is 0. The number of carbonyl (C=O) groups excluding carboxylic acids is 1. The van der Waals surface area contributed by atoms with Crippen molar-refractivity contribution in [2.24, 2.45) is 11.8 Å². The second-order valence-corrected chi connectivity index (χ2v) is 9.93. The Morgan fingerprint density at radius 1 is 1.03 bits per heavy atom. The molecule has 4 atom stereocenters. The van der Waals surface area contributed by atoms with Crippen LogP contribution in [-0.2, 0) is 10.2 Å². The molecule has 1 aromatic heterocycles. The van der Waals surface area contributed by atoms with Gasteiger partial charge in [-0.15, -0.1) is 0 Å². The first-order valence-corrected chi connectivity index (χ1v) is 11.5. The summed E-state index contributed by atoms with van der Waals surface area (Å²) in [6, 6.07) is 16.6. The van der Waals surface area contributed by atoms with Gasteiger partial charge in [0.25, 0.3) is 0 Å². The normalized spacial score (nSPS) is 29.2. The van der Waals surface area contributed by atoms with E-state index in [9.17, 15) is 9.90 Å². The van der Waals surface area contributed by atoms with Crippen molar-refractivity contribution in [3.05, 3.63) is 66.0 Å². The van der Waals surface area contributed by atoms with Crippen LogP contribution in [0.25, 0.3) is 11.0 Å². The van der Waals surface area contributed by atoms with Crippen LogP contribution in [0.5, 0.6) is 0 Å². The third-order valence-electron chi connectivity index (χ3n) is 8.00. The molecule has 1 amide bonds. The Labute approximate surface area is 182 Å². The molecule has 3 aromatic rings. The predicted molar refractivity (Wildman–Crippen MR) is 120 cm³/mol. The van der Waals surface area contributed by atoms with Crippen LogP contribution in [0.2, 0.25) is 0 Å². The number of hydrogen-bond acceptors (Lipinski definition) is 3. The van der Waals surface area contributed by atoms with Crippen LogP contribution in [-0.4, -0.2) is 44.7 Å². The predicted octanol–water partition coefficient (Wildman–Crippen LogP) is 3.85. The van der Waals surface area contributed by atoms with Gasteiger partial charge in [-0.2, -0.15) is 0 Å². The quantitative estimate of drug-likeness (QED) is 0.707. The maximum absolute atomic E-state index is 13.6. The summed E-state index contributed by atoms with van der Waals surface area (Å²) in [5.41, 5.74) is 4.13. The topological polar surface area (TPSA) is 58.4 Å². The Hall–Kier alpha value is -2.66. The Balaban J connectivity index is 1.22. The molecule has 0 bridgehead atoms. The van der Waals surface area contributed by atoms with Gasteiger partial charge < -0.3 is 14.6 Å². The first-order valence-electron chi connectivity index (χ1n) is 11.5. The highest BCUT2D eigenvalue weighted by Crippen LogP contribution is 2.51. The standard InChI is InChI=1S/C26H29N3O2/c1-17-6-8-20(9-7-17)26(10-11-26)25(31)28-14-18-12-23(24(30)13-19(18)15-28)29-16-27-21-4-2-3-5-22(21)29/h2-9,16,18-19,23-24,30H,10-15H2,1H3/t18-,19+,23-,24-/m1/s1. The van der Waals surface area contributed by atoms with Crippen molar-refractivity contribution >= 4 is 16.9 Å². The number of aliphatic hydroxyl groups is 1. The van der Waals surface area contributed by atoms with Gasteiger partial charge in [0.15, 0.2) is 0 Å². The minimum absolute atomic E-state index is 0.0238. The second-order valence-electron chi connectivity index (χ2n) is 9.93. The highest BCUT2D eigenvalue weighted by atomic mass is 16.3. The molecule has 2 heterocycles. The molecule has 2 saturated carbocycles. The van der Waals surface area contributed by atoms with E-state index in [4.69, 9.17) is 0 Å². The van der Waals surface area contributed by atoms with Crippen molar-refractivity contribution in [3.63, 3.8) is 0 Å². The van der Waals surface area contributed by atoms with Crippen LogP contribution >= 0.6 is 0 Å². The third-order valence-corrected chi connectivity index (χ3v) is 8.00. The Bertz CT molecular complexity index is 1130. The number of imidazole rings is 1. The van der Waals surface area contributed by atoms with Gasteiger partial charge >= 0.3 is 0 Å². The summed E-state index contributed by atoms with van der Waals surface area (Å²) < 4.78 is 2.15. The van der Waals surface area contributed by atoms with Crippen LogP contribution < -0.4 is 0 Å². The van der Waals surface area contributed by atoms with Gasteiger partial charge in [-0.05, 0) is 62.1 Å². The molecule has 1 saturated heterocycles. The Morgan fingerprint density at radius 3 is 2.48 bits per heavy atom. The zero-order valence-corrected chi connectivity index (χ0v) is 17.9. The van der Waals surface area contributed by atoms with E-state index in [0.717, 1.165) is 49.8 Å². The Kier molecular flexibility index (Phi) is 4.26. The van der Waals surface area contributed by atoms with E-state index in [1.807, 2.05) is 24.5 Å². The number of benzene rings is 2. The number of fused-ring (bicyclic) bond motifs is 2. The molecule has 31 heavy (non-hydrogen) atoms. The fourth-order valence-corrected chi connectivity index (χ4v) is 6.04. The van der Waals surface area contributed by atoms with Gasteiger partial charge in [0.2, 0.25) is 5.91 Å². The summed E-state index contributed by atoms with van der Waals surface area (Å²) in [5, 5.41) is 11.0. The molecule has 1 aliphatic heterocycles. The number of aromatic nitrogens is 2. The van der Waals surface area contributed by atoms with Gasteiger partial charge in [0.1, 0.15) is 0 Å². The summed E-state index contributed by atoms with van der Waals surface area (Å²) in [6.45, 7) is 3.68. The fourth-order valence-electron chi connectivity index (χ4n) is 6.04. The zero-order valence-electron chi connectivity index (χ0n) is 17.9. The second kappa shape index (κ2) is 6.92. The van der Waals surface area contributed by atoms with E-state index in [-0.39, 0.29) is 11.5 Å². The van der Waals surface area contributed by atoms with Gasteiger partial charge in [-0.3, -0.25) is 4.79 Å². The van der Waals surface area contributed by atoms with Gasteiger partial charge in [0, 0.05) is 13.1 Å². The van der Waals surface area contributed by atoms with Crippen molar-refractivity contribution in [1.82, 2.24) is 14.5 Å². The number of hydrogen-bond donors (Lipinski definition) is 1. The number of rotatable bonds is 3. The molecule has 0 unspecified atom stereocenters. The average molecular weight is 416 g/mol. The SMILES string of the molecule is Cc1ccc(C2(C(=O)N3C[C@H]4C[C@@H](n5cnc6ccccc65)[C@H](O)C[C@H]4C3)CC2)cc1. The fraction of sp³-hybridized carbons (Fsp3) is 0.462. The molecule has 0 radical (unpaired) electrons. The number of amides is 1. The molecule has 5 nitrogen and oxygen atoms in total. The molecule has 5 heteroatoms. The number of carbonyl (C=O) groups is 1. The van der Waals surface area contributed by atoms with Crippen LogP contribution in [0.1, 0.15) is 42.9 Å². The molecule has 6 rings (SSSR count). The van der Waals surface area contributed by atoms with Crippen molar-refractivity contribution in [3.8, 4) is 0 Å². The average Bonchev–Trinajstić information content (AvgIpc) is 3.31. The van der Waals surface area contributed by atoms with Crippen molar-refractivity contribution in [2.75, 3.05) is 13.1 Å². The van der Waals surface area contributed by atoms with E-state index >= 15 is 0 Å². The summed E-state index contributed by atoms with van der Waals surface area (Å²) in [7, 11) is 0. The summed E-state index contributed by atoms with van der Waals surface area (Å²) in [4.78, 5) is 20.2. The lowest BCUT2D eigenvalue weighted by Gasteiger charge is -2.36. The van der Waals surface area contributed by atoms with Crippen LogP contribution in [0, 0.1) is 18.8 Å². The maximum Gasteiger partial charge on any atom is 0.233 e.